The minimum Gasteiger partial charge on any atom is -0.461 e. The summed E-state index contributed by atoms with van der Waals surface area (Å²) in [5, 5.41) is 0. The minimum absolute atomic E-state index is 0.0831. The molecule has 0 spiro atoms. The van der Waals surface area contributed by atoms with Crippen molar-refractivity contribution in [3.63, 3.8) is 0 Å². The Bertz CT molecular complexity index is 984. The molecule has 2 N–H and O–H groups in total. The molecule has 2 atom stereocenters. The van der Waals surface area contributed by atoms with E-state index in [1.165, 1.54) is 0 Å². The van der Waals surface area contributed by atoms with Crippen molar-refractivity contribution in [2.24, 2.45) is 23.5 Å². The second-order valence-electron chi connectivity index (χ2n) is 11.6. The van der Waals surface area contributed by atoms with Crippen LogP contribution in [0, 0.1) is 17.8 Å². The van der Waals surface area contributed by atoms with Gasteiger partial charge in [0, 0.05) is 12.8 Å². The van der Waals surface area contributed by atoms with E-state index in [1.807, 2.05) is 27.7 Å². The van der Waals surface area contributed by atoms with E-state index in [4.69, 9.17) is 24.7 Å². The van der Waals surface area contributed by atoms with Crippen molar-refractivity contribution < 1.29 is 38.1 Å². The molecule has 1 aromatic rings. The van der Waals surface area contributed by atoms with Gasteiger partial charge in [-0.2, -0.15) is 0 Å². The molecule has 0 bridgehead atoms. The number of ether oxygens (including phenoxy) is 4. The summed E-state index contributed by atoms with van der Waals surface area (Å²) in [6.07, 6.45) is 6.19. The predicted octanol–water partition coefficient (Wildman–Crippen LogP) is 5.29. The summed E-state index contributed by atoms with van der Waals surface area (Å²) in [7, 11) is 0. The SMILES string of the molecule is CC(C)CCC(=O)Oc1ccc(C[C@H](N)C(=O)OC[C@H](C)OC(=O)C2CCCCC2)cc1OC(=O)CCC(C)C. The molecule has 2 rings (SSSR count). The predicted molar refractivity (Wildman–Crippen MR) is 151 cm³/mol. The summed E-state index contributed by atoms with van der Waals surface area (Å²) in [5.74, 6) is -0.905. The Labute approximate surface area is 238 Å². The molecule has 1 saturated carbocycles. The number of carbonyl (C=O) groups excluding carboxylic acids is 4. The first-order valence-electron chi connectivity index (χ1n) is 14.6. The molecular weight excluding hydrogens is 514 g/mol. The van der Waals surface area contributed by atoms with Crippen molar-refractivity contribution in [1.29, 1.82) is 0 Å². The maximum atomic E-state index is 12.5. The third kappa shape index (κ3) is 12.5. The first-order chi connectivity index (χ1) is 18.9. The van der Waals surface area contributed by atoms with E-state index in [2.05, 4.69) is 0 Å². The fourth-order valence-corrected chi connectivity index (χ4v) is 4.31. The third-order valence-electron chi connectivity index (χ3n) is 6.78. The quantitative estimate of drug-likeness (QED) is 0.224. The van der Waals surface area contributed by atoms with E-state index in [-0.39, 0.29) is 49.3 Å². The third-order valence-corrected chi connectivity index (χ3v) is 6.78. The van der Waals surface area contributed by atoms with Crippen LogP contribution in [0.3, 0.4) is 0 Å². The maximum absolute atomic E-state index is 12.5. The van der Waals surface area contributed by atoms with E-state index >= 15 is 0 Å². The molecule has 0 aromatic heterocycles. The number of benzene rings is 1. The standard InChI is InChI=1S/C31H47NO8/c1-20(2)11-15-28(33)39-26-14-13-23(18-27(26)40-29(34)16-12-21(3)4)17-25(32)31(36)37-19-22(5)38-30(35)24-9-7-6-8-10-24/h13-14,18,20-22,24-25H,6-12,15-17,19,32H2,1-5H3/t22-,25-/m0/s1. The van der Waals surface area contributed by atoms with Crippen LogP contribution in [0.5, 0.6) is 11.5 Å². The van der Waals surface area contributed by atoms with E-state index in [9.17, 15) is 19.2 Å². The second-order valence-corrected chi connectivity index (χ2v) is 11.6. The highest BCUT2D eigenvalue weighted by atomic mass is 16.6. The second kappa shape index (κ2) is 17.0. The van der Waals surface area contributed by atoms with E-state index in [0.717, 1.165) is 32.1 Å². The van der Waals surface area contributed by atoms with Crippen LogP contribution in [0.4, 0.5) is 0 Å². The zero-order valence-corrected chi connectivity index (χ0v) is 24.7. The summed E-state index contributed by atoms with van der Waals surface area (Å²) < 4.78 is 21.8. The average Bonchev–Trinajstić information content (AvgIpc) is 2.91. The van der Waals surface area contributed by atoms with Crippen LogP contribution in [-0.4, -0.2) is 42.6 Å². The van der Waals surface area contributed by atoms with Gasteiger partial charge in [-0.3, -0.25) is 19.2 Å². The molecule has 40 heavy (non-hydrogen) atoms. The van der Waals surface area contributed by atoms with Crippen LogP contribution in [0.15, 0.2) is 18.2 Å². The normalized spacial score (nSPS) is 15.4. The zero-order chi connectivity index (χ0) is 29.7. The smallest absolute Gasteiger partial charge is 0.323 e. The largest absolute Gasteiger partial charge is 0.461 e. The van der Waals surface area contributed by atoms with Gasteiger partial charge in [-0.15, -0.1) is 0 Å². The Morgan fingerprint density at radius 2 is 1.43 bits per heavy atom. The molecule has 0 radical (unpaired) electrons. The number of esters is 4. The fraction of sp³-hybridized carbons (Fsp3) is 0.677. The number of nitrogens with two attached hydrogens (primary N) is 1. The number of rotatable bonds is 15. The van der Waals surface area contributed by atoms with Crippen molar-refractivity contribution >= 4 is 23.9 Å². The molecule has 0 unspecified atom stereocenters. The van der Waals surface area contributed by atoms with Gasteiger partial charge in [0.05, 0.1) is 5.92 Å². The van der Waals surface area contributed by atoms with Crippen molar-refractivity contribution in [2.75, 3.05) is 6.61 Å². The Hall–Kier alpha value is -2.94. The van der Waals surface area contributed by atoms with Crippen LogP contribution in [-0.2, 0) is 35.1 Å². The van der Waals surface area contributed by atoms with Gasteiger partial charge in [0.15, 0.2) is 11.5 Å². The monoisotopic (exact) mass is 561 g/mol. The minimum atomic E-state index is -0.995. The van der Waals surface area contributed by atoms with Gasteiger partial charge in [-0.05, 0) is 68.6 Å². The van der Waals surface area contributed by atoms with Gasteiger partial charge < -0.3 is 24.7 Å². The van der Waals surface area contributed by atoms with Gasteiger partial charge in [-0.1, -0.05) is 53.0 Å². The highest BCUT2D eigenvalue weighted by Gasteiger charge is 2.25. The highest BCUT2D eigenvalue weighted by Crippen LogP contribution is 2.30. The summed E-state index contributed by atoms with van der Waals surface area (Å²) in [6.45, 7) is 9.65. The van der Waals surface area contributed by atoms with Gasteiger partial charge in [0.1, 0.15) is 18.8 Å². The van der Waals surface area contributed by atoms with E-state index < -0.39 is 30.1 Å². The number of carbonyl (C=O) groups is 4. The first kappa shape index (κ1) is 33.3. The van der Waals surface area contributed by atoms with Gasteiger partial charge >= 0.3 is 23.9 Å². The lowest BCUT2D eigenvalue weighted by Gasteiger charge is -2.22. The Kier molecular flexibility index (Phi) is 14.1. The van der Waals surface area contributed by atoms with E-state index in [0.29, 0.717) is 30.2 Å². The van der Waals surface area contributed by atoms with Gasteiger partial charge in [-0.25, -0.2) is 0 Å². The molecule has 0 amide bonds. The molecule has 9 heteroatoms. The van der Waals surface area contributed by atoms with Crippen molar-refractivity contribution in [3.8, 4) is 11.5 Å². The molecular formula is C31H47NO8. The van der Waals surface area contributed by atoms with Crippen LogP contribution in [0.1, 0.15) is 98.0 Å². The van der Waals surface area contributed by atoms with Crippen LogP contribution in [0.2, 0.25) is 0 Å². The molecule has 1 fully saturated rings. The fourth-order valence-electron chi connectivity index (χ4n) is 4.31. The zero-order valence-electron chi connectivity index (χ0n) is 24.7. The Morgan fingerprint density at radius 3 is 2.00 bits per heavy atom. The molecule has 1 aliphatic carbocycles. The van der Waals surface area contributed by atoms with Crippen LogP contribution >= 0.6 is 0 Å². The van der Waals surface area contributed by atoms with E-state index in [1.54, 1.807) is 25.1 Å². The summed E-state index contributed by atoms with van der Waals surface area (Å²) in [6, 6.07) is 3.77. The Morgan fingerprint density at radius 1 is 0.850 bits per heavy atom. The summed E-state index contributed by atoms with van der Waals surface area (Å²) in [4.78, 5) is 49.6. The van der Waals surface area contributed by atoms with Gasteiger partial charge in [0.2, 0.25) is 0 Å². The van der Waals surface area contributed by atoms with Crippen LogP contribution < -0.4 is 15.2 Å². The average molecular weight is 562 g/mol. The van der Waals surface area contributed by atoms with Gasteiger partial charge in [0.25, 0.3) is 0 Å². The molecule has 1 aromatic carbocycles. The lowest BCUT2D eigenvalue weighted by molar-refractivity contribution is -0.162. The molecule has 0 saturated heterocycles. The molecule has 224 valence electrons. The Balaban J connectivity index is 1.98. The van der Waals surface area contributed by atoms with Crippen molar-refractivity contribution in [1.82, 2.24) is 0 Å². The highest BCUT2D eigenvalue weighted by molar-refractivity contribution is 5.77. The number of hydrogen-bond acceptors (Lipinski definition) is 9. The summed E-state index contributed by atoms with van der Waals surface area (Å²) in [5.41, 5.74) is 6.70. The van der Waals surface area contributed by atoms with Crippen molar-refractivity contribution in [2.45, 2.75) is 111 Å². The van der Waals surface area contributed by atoms with Crippen molar-refractivity contribution in [3.05, 3.63) is 23.8 Å². The molecule has 0 heterocycles. The molecule has 9 nitrogen and oxygen atoms in total. The lowest BCUT2D eigenvalue weighted by Crippen LogP contribution is -2.36. The topological polar surface area (TPSA) is 131 Å². The molecule has 1 aliphatic rings. The maximum Gasteiger partial charge on any atom is 0.323 e. The number of hydrogen-bond donors (Lipinski definition) is 1. The first-order valence-corrected chi connectivity index (χ1v) is 14.6. The molecule has 0 aliphatic heterocycles. The lowest BCUT2D eigenvalue weighted by atomic mass is 9.89. The summed E-state index contributed by atoms with van der Waals surface area (Å²) >= 11 is 0. The van der Waals surface area contributed by atoms with Crippen LogP contribution in [0.25, 0.3) is 0 Å².